The van der Waals surface area contributed by atoms with Gasteiger partial charge in [0.05, 0.1) is 59.4 Å². The van der Waals surface area contributed by atoms with Crippen LogP contribution in [0.25, 0.3) is 116 Å². The Bertz CT molecular complexity index is 7510. The molecule has 0 fully saturated rings. The van der Waals surface area contributed by atoms with Gasteiger partial charge in [0.15, 0.2) is 0 Å². The van der Waals surface area contributed by atoms with Crippen LogP contribution in [0, 0.1) is 35.0 Å². The van der Waals surface area contributed by atoms with E-state index in [9.17, 15) is 60.9 Å². The zero-order valence-electron chi connectivity index (χ0n) is 74.6. The Morgan fingerprint density at radius 3 is 1.02 bits per heavy atom. The molecule has 0 aliphatic carbocycles. The van der Waals surface area contributed by atoms with Crippen LogP contribution in [0.4, 0.5) is 22.0 Å². The van der Waals surface area contributed by atoms with Gasteiger partial charge in [0.1, 0.15) is 114 Å². The molecular weight excluding hydrogens is 1800 g/mol. The van der Waals surface area contributed by atoms with Crippen molar-refractivity contribution in [1.29, 1.82) is 0 Å². The first-order chi connectivity index (χ1) is 67.5. The molecule has 13 N–H and O–H groups in total. The summed E-state index contributed by atoms with van der Waals surface area (Å²) in [6.45, 7) is 6.36. The molecule has 2 unspecified atom stereocenters. The molecule has 0 aliphatic rings. The molecule has 700 valence electrons. The summed E-state index contributed by atoms with van der Waals surface area (Å²) in [6, 6.07) is 63.8. The van der Waals surface area contributed by atoms with Gasteiger partial charge in [-0.3, -0.25) is 59.2 Å². The number of carbonyl (C=O) groups is 6. The van der Waals surface area contributed by atoms with E-state index in [-0.39, 0.29) is 107 Å². The molecule has 139 heavy (non-hydrogen) atoms. The Labute approximate surface area is 794 Å². The summed E-state index contributed by atoms with van der Waals surface area (Å²) in [4.78, 5) is 100. The minimum absolute atomic E-state index is 0.0985. The molecule has 36 heteroatoms. The van der Waals surface area contributed by atoms with Crippen molar-refractivity contribution >= 4 is 163 Å². The number of aromatic nitrogens is 16. The molecule has 0 bridgehead atoms. The molecule has 18 aromatic rings. The molecule has 6 aromatic carbocycles. The van der Waals surface area contributed by atoms with Crippen LogP contribution in [0.15, 0.2) is 254 Å². The molecule has 12 heterocycles. The van der Waals surface area contributed by atoms with E-state index >= 15 is 0 Å². The number of aliphatic hydroxyl groups is 2. The number of fused-ring (bicyclic) bond motifs is 5. The lowest BCUT2D eigenvalue weighted by molar-refractivity contribution is -0.118. The highest BCUT2D eigenvalue weighted by Gasteiger charge is 2.22. The summed E-state index contributed by atoms with van der Waals surface area (Å²) in [7, 11) is 0. The van der Waals surface area contributed by atoms with Crippen molar-refractivity contribution in [2.75, 3.05) is 26.3 Å². The molecule has 6 amide bonds. The third-order valence-electron chi connectivity index (χ3n) is 20.7. The second-order valence-electron chi connectivity index (χ2n) is 31.1. The van der Waals surface area contributed by atoms with E-state index in [2.05, 4.69) is 113 Å². The molecule has 2 atom stereocenters. The number of hydrogen-bond donors (Lipinski definition) is 13. The van der Waals surface area contributed by atoms with E-state index in [1.165, 1.54) is 67.6 Å². The van der Waals surface area contributed by atoms with Crippen LogP contribution in [0.2, 0.25) is 0 Å². The molecule has 0 spiro atoms. The number of carbonyl (C=O) groups excluding carboxylic acids is 6. The normalized spacial score (nSPS) is 11.7. The molecule has 18 rings (SSSR count). The Morgan fingerprint density at radius 2 is 0.705 bits per heavy atom. The lowest BCUT2D eigenvalue weighted by Gasteiger charge is -2.19. The lowest BCUT2D eigenvalue weighted by atomic mass is 10.1. The Morgan fingerprint density at radius 1 is 0.360 bits per heavy atom. The van der Waals surface area contributed by atoms with Crippen molar-refractivity contribution in [3.63, 3.8) is 0 Å². The lowest BCUT2D eigenvalue weighted by Crippen LogP contribution is -2.41. The quantitative estimate of drug-likeness (QED) is 0.0160. The number of halogens is 5. The van der Waals surface area contributed by atoms with Gasteiger partial charge in [-0.1, -0.05) is 147 Å². The summed E-state index contributed by atoms with van der Waals surface area (Å²) in [5.41, 5.74) is 15.5. The van der Waals surface area contributed by atoms with Crippen LogP contribution < -0.4 is 31.9 Å². The number of hydrogen-bond acceptors (Lipinski definition) is 20. The van der Waals surface area contributed by atoms with E-state index in [0.29, 0.717) is 132 Å². The SMILES string of the molecule is CC(=O)NCCNC(=O)c1ccc2[nH]nc(/C=C/c3cccc(F)c3)c2n1.CC(C)C(CO)NC(=O)c1ccc2[nH]nc(/C=C/c3cccc(F)c3)c2n1.O=C(NC(CO)c1ccccc1)c1ccc2[nH]nc(/C=C/c3cccc(F)c3)c2n1.O=C(NCc1cccnc1)c1ccc2[nH]nc(/C=C/c3cccc(F)c3)c2n1.O=C(NCc1cccs1)c1ccc2[nH]nc(/C=C/c3cccc(F)c3)c2n1. The van der Waals surface area contributed by atoms with Crippen LogP contribution in [0.1, 0.15) is 152 Å². The molecular formula is C103H89F5N22O8S. The zero-order valence-corrected chi connectivity index (χ0v) is 75.4. The average molecular weight is 1890 g/mol. The van der Waals surface area contributed by atoms with Crippen LogP contribution in [-0.4, -0.2) is 159 Å². The second-order valence-corrected chi connectivity index (χ2v) is 32.2. The van der Waals surface area contributed by atoms with Gasteiger partial charge in [-0.25, -0.2) is 46.9 Å². The number of aliphatic hydroxyl groups excluding tert-OH is 2. The van der Waals surface area contributed by atoms with E-state index in [1.54, 1.807) is 206 Å². The van der Waals surface area contributed by atoms with Crippen molar-refractivity contribution < 1.29 is 60.9 Å². The number of H-pyrrole nitrogens is 5. The van der Waals surface area contributed by atoms with Gasteiger partial charge in [0.25, 0.3) is 29.5 Å². The predicted molar refractivity (Wildman–Crippen MR) is 525 cm³/mol. The molecule has 30 nitrogen and oxygen atoms in total. The summed E-state index contributed by atoms with van der Waals surface area (Å²) in [5, 5.41) is 73.0. The number of amides is 6. The topological polar surface area (TPSA) is 436 Å². The molecule has 0 saturated carbocycles. The highest BCUT2D eigenvalue weighted by Crippen LogP contribution is 2.26. The average Bonchev–Trinajstić information content (AvgIpc) is 1.69. The largest absolute Gasteiger partial charge is 0.394 e. The number of nitrogens with one attached hydrogen (secondary N) is 11. The Hall–Kier alpha value is -17.6. The van der Waals surface area contributed by atoms with Crippen molar-refractivity contribution in [2.45, 2.75) is 45.9 Å². The summed E-state index contributed by atoms with van der Waals surface area (Å²) < 4.78 is 66.5. The van der Waals surface area contributed by atoms with Crippen LogP contribution in [0.5, 0.6) is 0 Å². The zero-order chi connectivity index (χ0) is 97.5. The number of aromatic amines is 5. The third-order valence-corrected chi connectivity index (χ3v) is 21.6. The number of pyridine rings is 6. The monoisotopic (exact) mass is 1890 g/mol. The molecule has 0 radical (unpaired) electrons. The number of rotatable bonds is 28. The van der Waals surface area contributed by atoms with E-state index < -0.39 is 11.9 Å². The number of nitrogens with zero attached hydrogens (tertiary/aromatic N) is 11. The van der Waals surface area contributed by atoms with Crippen molar-refractivity contribution in [2.24, 2.45) is 5.92 Å². The second kappa shape index (κ2) is 47.8. The maximum absolute atomic E-state index is 13.4. The summed E-state index contributed by atoms with van der Waals surface area (Å²) in [6.07, 6.45) is 20.7. The first-order valence-corrected chi connectivity index (χ1v) is 44.2. The molecule has 12 aromatic heterocycles. The molecule has 0 aliphatic heterocycles. The van der Waals surface area contributed by atoms with Crippen molar-refractivity contribution in [3.8, 4) is 0 Å². The van der Waals surface area contributed by atoms with E-state index in [1.807, 2.05) is 73.8 Å². The van der Waals surface area contributed by atoms with Crippen LogP contribution in [-0.2, 0) is 17.9 Å². The maximum Gasteiger partial charge on any atom is 0.270 e. The summed E-state index contributed by atoms with van der Waals surface area (Å²) >= 11 is 1.59. The standard InChI is InChI=1S/C23H19FN4O2.C21H16FN5O.C20H21FN4O2.C20H15FN4OS.C19H18FN5O2/c24-17-8-4-5-15(13-17)9-10-18-22-19(28-27-18)11-12-20(25-22)23(30)26-21(14-29)16-6-2-1-3-7-16;22-16-5-1-3-14(11-16)6-7-17-20-18(27-26-17)8-9-19(25-20)21(28)24-13-15-4-2-10-23-12-15;1-12(2)18(11-26)23-20(27)17-9-8-16-19(22-17)15(24-25-16)7-6-13-4-3-5-14(21)10-13;21-14-4-1-3-13(11-14)6-7-16-19-17(25-24-16)8-9-18(23-19)20(26)22-12-15-5-2-10-27-15;1-12(26)21-9-10-22-19(27)17-8-7-16-18(23-17)15(24-25-16)6-5-13-3-2-4-14(20)11-13/h1-13,21,29H,14H2,(H,26,30)(H,27,28);1-12H,13H2,(H,24,28)(H,26,27);3-10,12,18,26H,11H2,1-2H3,(H,23,27)(H,24,25);1-11H,12H2,(H,22,26)(H,24,25);2-8,11H,9-10H2,1H3,(H,21,26)(H,22,27)(H,24,25)/b10-9+;3*7-6+;6-5+. The maximum atomic E-state index is 13.4. The van der Waals surface area contributed by atoms with Gasteiger partial charge in [0, 0.05) is 43.8 Å². The first kappa shape index (κ1) is 97.4. The fourth-order valence-electron chi connectivity index (χ4n) is 13.5. The number of thiophene rings is 1. The van der Waals surface area contributed by atoms with Gasteiger partial charge < -0.3 is 42.1 Å². The third kappa shape index (κ3) is 27.6. The predicted octanol–water partition coefficient (Wildman–Crippen LogP) is 16.7. The van der Waals surface area contributed by atoms with Gasteiger partial charge in [0.2, 0.25) is 5.91 Å². The minimum Gasteiger partial charge on any atom is -0.394 e. The fourth-order valence-corrected chi connectivity index (χ4v) is 14.1. The molecule has 0 saturated heterocycles. The minimum atomic E-state index is -0.534. The highest BCUT2D eigenvalue weighted by atomic mass is 32.1. The van der Waals surface area contributed by atoms with Crippen LogP contribution in [0.3, 0.4) is 0 Å². The summed E-state index contributed by atoms with van der Waals surface area (Å²) in [5.74, 6) is -3.25. The van der Waals surface area contributed by atoms with Gasteiger partial charge in [-0.05, 0) is 214 Å². The van der Waals surface area contributed by atoms with Crippen molar-refractivity contribution in [1.82, 2.24) is 113 Å². The smallest absolute Gasteiger partial charge is 0.270 e. The Kier molecular flexibility index (Phi) is 33.5. The van der Waals surface area contributed by atoms with Crippen molar-refractivity contribution in [3.05, 3.63) is 384 Å². The van der Waals surface area contributed by atoms with Gasteiger partial charge in [-0.15, -0.1) is 11.3 Å². The van der Waals surface area contributed by atoms with E-state index in [4.69, 9.17) is 0 Å². The van der Waals surface area contributed by atoms with E-state index in [0.717, 1.165) is 27.1 Å². The fraction of sp³-hybridized carbons (Fsp3) is 0.117. The Balaban J connectivity index is 0.000000139. The number of benzene rings is 6. The van der Waals surface area contributed by atoms with Gasteiger partial charge >= 0.3 is 0 Å². The van der Waals surface area contributed by atoms with Crippen LogP contribution >= 0.6 is 11.3 Å². The highest BCUT2D eigenvalue weighted by molar-refractivity contribution is 7.09. The van der Waals surface area contributed by atoms with Gasteiger partial charge in [-0.2, -0.15) is 25.5 Å². The first-order valence-electron chi connectivity index (χ1n) is 43.3.